The molecule has 136 valence electrons. The molecule has 0 aliphatic carbocycles. The van der Waals surface area contributed by atoms with Crippen molar-refractivity contribution in [3.63, 3.8) is 0 Å². The topological polar surface area (TPSA) is 143 Å². The number of unbranched alkanes of at least 4 members (excludes halogenated alkanes) is 1. The Morgan fingerprint density at radius 1 is 1.22 bits per heavy atom. The zero-order valence-electron chi connectivity index (χ0n) is 13.4. The molecule has 4 N–H and O–H groups in total. The van der Waals surface area contributed by atoms with Crippen LogP contribution in [-0.2, 0) is 23.8 Å². The van der Waals surface area contributed by atoms with Gasteiger partial charge in [-0.25, -0.2) is 9.59 Å². The van der Waals surface area contributed by atoms with Crippen LogP contribution in [0.3, 0.4) is 0 Å². The van der Waals surface area contributed by atoms with E-state index < -0.39 is 36.5 Å². The van der Waals surface area contributed by atoms with Gasteiger partial charge in [-0.3, -0.25) is 0 Å². The van der Waals surface area contributed by atoms with Gasteiger partial charge in [0.15, 0.2) is 18.5 Å². The number of carbonyl (C=O) groups is 2. The molecule has 1 saturated heterocycles. The van der Waals surface area contributed by atoms with Gasteiger partial charge in [0.2, 0.25) is 0 Å². The molecule has 1 unspecified atom stereocenters. The average Bonchev–Trinajstić information content (AvgIpc) is 2.53. The Morgan fingerprint density at radius 3 is 2.39 bits per heavy atom. The summed E-state index contributed by atoms with van der Waals surface area (Å²) in [5, 5.41) is 34.1. The zero-order chi connectivity index (χ0) is 17.8. The van der Waals surface area contributed by atoms with E-state index in [1.54, 1.807) is 0 Å². The Kier molecular flexibility index (Phi) is 11.5. The van der Waals surface area contributed by atoms with Gasteiger partial charge in [0.25, 0.3) is 0 Å². The van der Waals surface area contributed by atoms with Crippen molar-refractivity contribution in [2.45, 2.75) is 56.7 Å². The van der Waals surface area contributed by atoms with Crippen molar-refractivity contribution in [1.29, 1.82) is 0 Å². The van der Waals surface area contributed by atoms with Gasteiger partial charge in [-0.15, -0.1) is 0 Å². The molecule has 0 aromatic carbocycles. The quantitative estimate of drug-likeness (QED) is 0.421. The number of hydrogen-bond acceptors (Lipinski definition) is 7. The molecule has 0 radical (unpaired) electrons. The molecule has 0 aromatic heterocycles. The Balaban J connectivity index is 0.00000232. The van der Waals surface area contributed by atoms with E-state index >= 15 is 0 Å². The molecule has 1 aliphatic heterocycles. The van der Waals surface area contributed by atoms with Crippen molar-refractivity contribution in [3.05, 3.63) is 0 Å². The summed E-state index contributed by atoms with van der Waals surface area (Å²) >= 11 is 0. The first-order valence-electron chi connectivity index (χ1n) is 7.34. The molecule has 0 bridgehead atoms. The van der Waals surface area contributed by atoms with Gasteiger partial charge in [-0.1, -0.05) is 0 Å². The highest BCUT2D eigenvalue weighted by Crippen LogP contribution is 2.21. The molecular formula is C14H26O9. The van der Waals surface area contributed by atoms with E-state index in [0.29, 0.717) is 38.7 Å². The number of aliphatic hydroxyl groups excluding tert-OH is 2. The Labute approximate surface area is 134 Å². The number of rotatable bonds is 9. The summed E-state index contributed by atoms with van der Waals surface area (Å²) < 4.78 is 15.2. The van der Waals surface area contributed by atoms with Crippen LogP contribution in [0.25, 0.3) is 0 Å². The lowest BCUT2D eigenvalue weighted by molar-refractivity contribution is -0.219. The minimum absolute atomic E-state index is 0.309. The number of carboxylic acid groups (broad SMARTS) is 2. The third kappa shape index (κ3) is 8.24. The lowest BCUT2D eigenvalue weighted by Crippen LogP contribution is -2.45. The molecule has 4 atom stereocenters. The maximum absolute atomic E-state index is 11.0. The SMILES string of the molecule is CO.CO[C@@H](CCCCO[C@@H]1CCC(O)O[C@@H]1C(=O)O)C(=O)O. The van der Waals surface area contributed by atoms with Crippen LogP contribution in [0.5, 0.6) is 0 Å². The smallest absolute Gasteiger partial charge is 0.335 e. The molecule has 9 heteroatoms. The highest BCUT2D eigenvalue weighted by Gasteiger charge is 2.36. The van der Waals surface area contributed by atoms with Crippen LogP contribution in [0.15, 0.2) is 0 Å². The number of aliphatic hydroxyl groups is 2. The van der Waals surface area contributed by atoms with E-state index in [2.05, 4.69) is 0 Å². The van der Waals surface area contributed by atoms with E-state index in [-0.39, 0.29) is 0 Å². The number of hydrogen-bond donors (Lipinski definition) is 4. The lowest BCUT2D eigenvalue weighted by atomic mass is 10.0. The summed E-state index contributed by atoms with van der Waals surface area (Å²) in [5.41, 5.74) is 0. The largest absolute Gasteiger partial charge is 0.479 e. The third-order valence-corrected chi connectivity index (χ3v) is 3.34. The summed E-state index contributed by atoms with van der Waals surface area (Å²) in [5.74, 6) is -2.16. The first-order chi connectivity index (χ1) is 11.0. The normalized spacial score (nSPS) is 25.1. The van der Waals surface area contributed by atoms with Crippen LogP contribution in [0, 0.1) is 0 Å². The maximum atomic E-state index is 11.0. The summed E-state index contributed by atoms with van der Waals surface area (Å²) in [6.07, 6.45) is -1.35. The van der Waals surface area contributed by atoms with Crippen LogP contribution in [-0.4, -0.2) is 77.8 Å². The van der Waals surface area contributed by atoms with Crippen LogP contribution in [0.1, 0.15) is 32.1 Å². The molecule has 0 saturated carbocycles. The lowest BCUT2D eigenvalue weighted by Gasteiger charge is -2.31. The Hall–Kier alpha value is -1.26. The number of aliphatic carboxylic acids is 2. The summed E-state index contributed by atoms with van der Waals surface area (Å²) in [7, 11) is 2.34. The Morgan fingerprint density at radius 2 is 1.87 bits per heavy atom. The van der Waals surface area contributed by atoms with Gasteiger partial charge in [0, 0.05) is 27.2 Å². The average molecular weight is 338 g/mol. The van der Waals surface area contributed by atoms with E-state index in [9.17, 15) is 14.7 Å². The van der Waals surface area contributed by atoms with Crippen molar-refractivity contribution in [3.8, 4) is 0 Å². The molecule has 23 heavy (non-hydrogen) atoms. The first kappa shape index (κ1) is 21.7. The number of ether oxygens (including phenoxy) is 3. The number of methoxy groups -OCH3 is 1. The second-order valence-electron chi connectivity index (χ2n) is 4.89. The van der Waals surface area contributed by atoms with Crippen molar-refractivity contribution in [2.24, 2.45) is 0 Å². The van der Waals surface area contributed by atoms with Gasteiger partial charge in [-0.2, -0.15) is 0 Å². The molecule has 0 spiro atoms. The molecule has 1 fully saturated rings. The van der Waals surface area contributed by atoms with Crippen LogP contribution in [0.2, 0.25) is 0 Å². The van der Waals surface area contributed by atoms with Gasteiger partial charge >= 0.3 is 11.9 Å². The van der Waals surface area contributed by atoms with E-state index in [0.717, 1.165) is 7.11 Å². The number of carboxylic acids is 2. The molecule has 0 amide bonds. The monoisotopic (exact) mass is 338 g/mol. The fraction of sp³-hybridized carbons (Fsp3) is 0.857. The zero-order valence-corrected chi connectivity index (χ0v) is 13.4. The third-order valence-electron chi connectivity index (χ3n) is 3.34. The Bertz CT molecular complexity index is 347. The standard InChI is InChI=1S/C13H22O8.CH4O/c1-19-9(12(15)16)4-2-3-7-20-8-5-6-10(14)21-11(8)13(17)18;1-2/h8-11,14H,2-7H2,1H3,(H,15,16)(H,17,18);2H,1H3/t8-,9+,10?,11+;/m1./s1. The summed E-state index contributed by atoms with van der Waals surface area (Å²) in [4.78, 5) is 21.7. The van der Waals surface area contributed by atoms with Gasteiger partial charge in [-0.05, 0) is 25.7 Å². The van der Waals surface area contributed by atoms with Crippen molar-refractivity contribution >= 4 is 11.9 Å². The first-order valence-corrected chi connectivity index (χ1v) is 7.34. The van der Waals surface area contributed by atoms with Gasteiger partial charge < -0.3 is 34.6 Å². The van der Waals surface area contributed by atoms with E-state index in [4.69, 9.17) is 29.5 Å². The van der Waals surface area contributed by atoms with Crippen molar-refractivity contribution in [2.75, 3.05) is 20.8 Å². The van der Waals surface area contributed by atoms with Crippen LogP contribution < -0.4 is 0 Å². The van der Waals surface area contributed by atoms with Crippen molar-refractivity contribution in [1.82, 2.24) is 0 Å². The predicted octanol–water partition coefficient (Wildman–Crippen LogP) is -0.168. The summed E-state index contributed by atoms with van der Waals surface area (Å²) in [6.45, 7) is 0.309. The van der Waals surface area contributed by atoms with E-state index in [1.165, 1.54) is 7.11 Å². The highest BCUT2D eigenvalue weighted by atomic mass is 16.6. The molecular weight excluding hydrogens is 312 g/mol. The van der Waals surface area contributed by atoms with Gasteiger partial charge in [0.05, 0.1) is 6.10 Å². The fourth-order valence-electron chi connectivity index (χ4n) is 2.18. The molecule has 1 aliphatic rings. The highest BCUT2D eigenvalue weighted by molar-refractivity contribution is 5.73. The van der Waals surface area contributed by atoms with Crippen LogP contribution >= 0.6 is 0 Å². The van der Waals surface area contributed by atoms with Gasteiger partial charge in [0.1, 0.15) is 0 Å². The molecule has 1 heterocycles. The maximum Gasteiger partial charge on any atom is 0.335 e. The van der Waals surface area contributed by atoms with Crippen molar-refractivity contribution < 1.29 is 44.2 Å². The summed E-state index contributed by atoms with van der Waals surface area (Å²) in [6, 6.07) is 0. The van der Waals surface area contributed by atoms with Crippen LogP contribution in [0.4, 0.5) is 0 Å². The second kappa shape index (κ2) is 12.2. The molecule has 9 nitrogen and oxygen atoms in total. The van der Waals surface area contributed by atoms with E-state index in [1.807, 2.05) is 0 Å². The molecule has 0 aromatic rings. The minimum Gasteiger partial charge on any atom is -0.479 e. The molecule has 1 rings (SSSR count). The second-order valence-corrected chi connectivity index (χ2v) is 4.89. The fourth-order valence-corrected chi connectivity index (χ4v) is 2.18. The minimum atomic E-state index is -1.17. The predicted molar refractivity (Wildman–Crippen MR) is 77.9 cm³/mol.